The van der Waals surface area contributed by atoms with Crippen molar-refractivity contribution >= 4 is 11.7 Å². The standard InChI is InChI=1S/C14H14N2O3/c17-14(18)12-8-11(19-15-12)9-16-7-3-5-10-4-1-2-6-13(10)16/h1-2,4,6,8H,3,5,7,9H2,(H,17,18). The summed E-state index contributed by atoms with van der Waals surface area (Å²) in [5.74, 6) is -0.483. The first-order valence-electron chi connectivity index (χ1n) is 6.26. The summed E-state index contributed by atoms with van der Waals surface area (Å²) in [5, 5.41) is 12.4. The zero-order valence-corrected chi connectivity index (χ0v) is 10.4. The van der Waals surface area contributed by atoms with Crippen LogP contribution < -0.4 is 4.90 Å². The van der Waals surface area contributed by atoms with E-state index in [0.29, 0.717) is 12.3 Å². The van der Waals surface area contributed by atoms with Gasteiger partial charge in [-0.1, -0.05) is 23.4 Å². The normalized spacial score (nSPS) is 14.2. The van der Waals surface area contributed by atoms with Gasteiger partial charge in [-0.05, 0) is 24.5 Å². The lowest BCUT2D eigenvalue weighted by atomic mass is 10.0. The molecule has 0 fully saturated rings. The van der Waals surface area contributed by atoms with E-state index in [1.165, 1.54) is 17.3 Å². The number of carboxylic acids is 1. The van der Waals surface area contributed by atoms with Gasteiger partial charge in [0.15, 0.2) is 11.5 Å². The van der Waals surface area contributed by atoms with Crippen LogP contribution in [0.15, 0.2) is 34.9 Å². The van der Waals surface area contributed by atoms with Crippen LogP contribution in [0, 0.1) is 0 Å². The number of carboxylic acid groups (broad SMARTS) is 1. The minimum absolute atomic E-state index is 0.0414. The average molecular weight is 258 g/mol. The second-order valence-electron chi connectivity index (χ2n) is 4.64. The lowest BCUT2D eigenvalue weighted by Gasteiger charge is -2.30. The second kappa shape index (κ2) is 4.76. The van der Waals surface area contributed by atoms with Crippen molar-refractivity contribution in [3.05, 3.63) is 47.3 Å². The minimum Gasteiger partial charge on any atom is -0.476 e. The smallest absolute Gasteiger partial charge is 0.358 e. The molecule has 2 aromatic rings. The predicted octanol–water partition coefficient (Wildman–Crippen LogP) is 2.33. The highest BCUT2D eigenvalue weighted by Gasteiger charge is 2.19. The molecule has 0 aliphatic carbocycles. The van der Waals surface area contributed by atoms with Crippen molar-refractivity contribution in [3.63, 3.8) is 0 Å². The van der Waals surface area contributed by atoms with Gasteiger partial charge >= 0.3 is 5.97 Å². The van der Waals surface area contributed by atoms with Gasteiger partial charge < -0.3 is 14.5 Å². The van der Waals surface area contributed by atoms with Crippen LogP contribution >= 0.6 is 0 Å². The van der Waals surface area contributed by atoms with Crippen molar-refractivity contribution in [1.29, 1.82) is 0 Å². The van der Waals surface area contributed by atoms with Crippen molar-refractivity contribution in [3.8, 4) is 0 Å². The largest absolute Gasteiger partial charge is 0.476 e. The number of hydrogen-bond donors (Lipinski definition) is 1. The van der Waals surface area contributed by atoms with Gasteiger partial charge in [0.2, 0.25) is 0 Å². The number of rotatable bonds is 3. The molecule has 0 radical (unpaired) electrons. The highest BCUT2D eigenvalue weighted by molar-refractivity contribution is 5.85. The van der Waals surface area contributed by atoms with Crippen LogP contribution in [0.5, 0.6) is 0 Å². The molecule has 0 bridgehead atoms. The highest BCUT2D eigenvalue weighted by Crippen LogP contribution is 2.28. The molecule has 19 heavy (non-hydrogen) atoms. The predicted molar refractivity (Wildman–Crippen MR) is 69.3 cm³/mol. The van der Waals surface area contributed by atoms with E-state index in [9.17, 15) is 4.79 Å². The molecule has 0 amide bonds. The minimum atomic E-state index is -1.06. The van der Waals surface area contributed by atoms with Crippen molar-refractivity contribution in [2.75, 3.05) is 11.4 Å². The van der Waals surface area contributed by atoms with E-state index < -0.39 is 5.97 Å². The lowest BCUT2D eigenvalue weighted by molar-refractivity contribution is 0.0685. The Balaban J connectivity index is 1.82. The molecule has 1 aliphatic heterocycles. The number of carbonyl (C=O) groups is 1. The molecule has 0 atom stereocenters. The third-order valence-electron chi connectivity index (χ3n) is 3.33. The Hall–Kier alpha value is -2.30. The van der Waals surface area contributed by atoms with Crippen molar-refractivity contribution in [2.24, 2.45) is 0 Å². The molecule has 5 heteroatoms. The monoisotopic (exact) mass is 258 g/mol. The van der Waals surface area contributed by atoms with Gasteiger partial charge in [-0.3, -0.25) is 0 Å². The number of aromatic nitrogens is 1. The van der Waals surface area contributed by atoms with Crippen molar-refractivity contribution in [1.82, 2.24) is 5.16 Å². The zero-order valence-electron chi connectivity index (χ0n) is 10.4. The van der Waals surface area contributed by atoms with Gasteiger partial charge in [-0.2, -0.15) is 0 Å². The molecular formula is C14H14N2O3. The maximum Gasteiger partial charge on any atom is 0.358 e. The second-order valence-corrected chi connectivity index (χ2v) is 4.64. The molecule has 0 saturated carbocycles. The van der Waals surface area contributed by atoms with Gasteiger partial charge in [0, 0.05) is 18.3 Å². The molecule has 1 aromatic heterocycles. The zero-order chi connectivity index (χ0) is 13.2. The number of nitrogens with zero attached hydrogens (tertiary/aromatic N) is 2. The van der Waals surface area contributed by atoms with E-state index in [1.807, 2.05) is 12.1 Å². The topological polar surface area (TPSA) is 66.6 Å². The number of anilines is 1. The van der Waals surface area contributed by atoms with Crippen molar-refractivity contribution in [2.45, 2.75) is 19.4 Å². The number of para-hydroxylation sites is 1. The number of benzene rings is 1. The van der Waals surface area contributed by atoms with Gasteiger partial charge in [-0.25, -0.2) is 4.79 Å². The van der Waals surface area contributed by atoms with Crippen LogP contribution in [-0.4, -0.2) is 22.8 Å². The fourth-order valence-corrected chi connectivity index (χ4v) is 2.45. The first-order chi connectivity index (χ1) is 9.24. The first kappa shape index (κ1) is 11.8. The summed E-state index contributed by atoms with van der Waals surface area (Å²) >= 11 is 0. The van der Waals surface area contributed by atoms with Gasteiger partial charge in [0.25, 0.3) is 0 Å². The Morgan fingerprint density at radius 2 is 2.26 bits per heavy atom. The Kier molecular flexibility index (Phi) is 2.95. The van der Waals surface area contributed by atoms with Gasteiger partial charge in [0.1, 0.15) is 0 Å². The summed E-state index contributed by atoms with van der Waals surface area (Å²) in [6.07, 6.45) is 2.18. The molecule has 2 heterocycles. The van der Waals surface area contributed by atoms with Crippen LogP contribution in [0.25, 0.3) is 0 Å². The lowest BCUT2D eigenvalue weighted by Crippen LogP contribution is -2.28. The van der Waals surface area contributed by atoms with E-state index in [4.69, 9.17) is 9.63 Å². The summed E-state index contributed by atoms with van der Waals surface area (Å²) < 4.78 is 5.07. The summed E-state index contributed by atoms with van der Waals surface area (Å²) in [7, 11) is 0. The molecule has 3 rings (SSSR count). The van der Waals surface area contributed by atoms with E-state index in [-0.39, 0.29) is 5.69 Å². The maximum atomic E-state index is 10.8. The average Bonchev–Trinajstić information content (AvgIpc) is 2.88. The Morgan fingerprint density at radius 1 is 1.42 bits per heavy atom. The maximum absolute atomic E-state index is 10.8. The molecule has 0 unspecified atom stereocenters. The molecule has 98 valence electrons. The number of fused-ring (bicyclic) bond motifs is 1. The number of aromatic carboxylic acids is 1. The summed E-state index contributed by atoms with van der Waals surface area (Å²) in [6, 6.07) is 9.76. The van der Waals surface area contributed by atoms with Gasteiger partial charge in [-0.15, -0.1) is 0 Å². The van der Waals surface area contributed by atoms with Gasteiger partial charge in [0.05, 0.1) is 6.54 Å². The van der Waals surface area contributed by atoms with Crippen LogP contribution in [0.1, 0.15) is 28.2 Å². The molecular weight excluding hydrogens is 244 g/mol. The highest BCUT2D eigenvalue weighted by atomic mass is 16.5. The molecule has 1 aliphatic rings. The fourth-order valence-electron chi connectivity index (χ4n) is 2.45. The van der Waals surface area contributed by atoms with E-state index in [1.54, 1.807) is 0 Å². The van der Waals surface area contributed by atoms with Crippen LogP contribution in [0.4, 0.5) is 5.69 Å². The summed E-state index contributed by atoms with van der Waals surface area (Å²) in [4.78, 5) is 13.0. The number of aryl methyl sites for hydroxylation is 1. The van der Waals surface area contributed by atoms with Crippen molar-refractivity contribution < 1.29 is 14.4 Å². The van der Waals surface area contributed by atoms with Crippen LogP contribution in [0.3, 0.4) is 0 Å². The molecule has 1 N–H and O–H groups in total. The Labute approximate surface area is 110 Å². The van der Waals surface area contributed by atoms with E-state index in [2.05, 4.69) is 22.2 Å². The third-order valence-corrected chi connectivity index (χ3v) is 3.33. The molecule has 5 nitrogen and oxygen atoms in total. The Morgan fingerprint density at radius 3 is 3.05 bits per heavy atom. The Bertz CT molecular complexity index is 606. The SMILES string of the molecule is O=C(O)c1cc(CN2CCCc3ccccc32)on1. The molecule has 0 saturated heterocycles. The summed E-state index contributed by atoms with van der Waals surface area (Å²) in [5.41, 5.74) is 2.48. The quantitative estimate of drug-likeness (QED) is 0.915. The van der Waals surface area contributed by atoms with E-state index in [0.717, 1.165) is 19.4 Å². The van der Waals surface area contributed by atoms with Crippen LogP contribution in [0.2, 0.25) is 0 Å². The third kappa shape index (κ3) is 2.31. The first-order valence-corrected chi connectivity index (χ1v) is 6.26. The molecule has 0 spiro atoms. The molecule has 1 aromatic carbocycles. The van der Waals surface area contributed by atoms with Crippen LogP contribution in [-0.2, 0) is 13.0 Å². The fraction of sp³-hybridized carbons (Fsp3) is 0.286. The van der Waals surface area contributed by atoms with E-state index >= 15 is 0 Å². The summed E-state index contributed by atoms with van der Waals surface area (Å²) in [6.45, 7) is 1.50. The number of hydrogen-bond acceptors (Lipinski definition) is 4.